The Bertz CT molecular complexity index is 876. The van der Waals surface area contributed by atoms with E-state index in [2.05, 4.69) is 11.0 Å². The largest absolute Gasteiger partial charge is 0.488 e. The molecule has 2 aromatic carbocycles. The smallest absolute Gasteiger partial charge is 0.150 e. The molecule has 0 aromatic heterocycles. The van der Waals surface area contributed by atoms with Crippen LogP contribution in [0, 0.1) is 6.92 Å². The van der Waals surface area contributed by atoms with Crippen LogP contribution in [0.25, 0.3) is 0 Å². The first-order valence-electron chi connectivity index (χ1n) is 10.7. The van der Waals surface area contributed by atoms with E-state index in [9.17, 15) is 4.79 Å². The van der Waals surface area contributed by atoms with Gasteiger partial charge in [0.1, 0.15) is 44.5 Å². The molecule has 0 spiro atoms. The normalized spacial score (nSPS) is 14.7. The number of methoxy groups -OCH3 is 2. The summed E-state index contributed by atoms with van der Waals surface area (Å²) in [5.74, 6) is 1.38. The minimum atomic E-state index is 0.325. The second-order valence-corrected chi connectivity index (χ2v) is 7.49. The average Bonchev–Trinajstić information content (AvgIpc) is 2.82. The fourth-order valence-corrected chi connectivity index (χ4v) is 3.46. The van der Waals surface area contributed by atoms with Gasteiger partial charge in [-0.25, -0.2) is 0 Å². The SMILES string of the molecule is COCCN1COCN(CCOC)c2ccc(C=O)cc2OCCOc2cc(C)ccc21. The standard InChI is InChI=1S/C24H32N2O6/c1-19-4-6-21-23(14-19)31-12-13-32-24-15-20(16-27)5-7-22(24)26(9-11-29-3)18-30-17-25(21)8-10-28-2/h4-7,14-16H,8-13,17-18H2,1-3H3. The van der Waals surface area contributed by atoms with Crippen molar-refractivity contribution < 1.29 is 28.5 Å². The van der Waals surface area contributed by atoms with Crippen LogP contribution in [0.4, 0.5) is 11.4 Å². The van der Waals surface area contributed by atoms with Crippen LogP contribution < -0.4 is 19.3 Å². The number of ether oxygens (including phenoxy) is 5. The maximum atomic E-state index is 11.3. The van der Waals surface area contributed by atoms with Crippen LogP contribution >= 0.6 is 0 Å². The zero-order chi connectivity index (χ0) is 22.8. The third-order valence-electron chi connectivity index (χ3n) is 5.14. The van der Waals surface area contributed by atoms with Gasteiger partial charge < -0.3 is 33.5 Å². The molecule has 0 atom stereocenters. The van der Waals surface area contributed by atoms with Crippen LogP contribution in [0.15, 0.2) is 36.4 Å². The number of hydrogen-bond acceptors (Lipinski definition) is 8. The van der Waals surface area contributed by atoms with Crippen LogP contribution in [0.3, 0.4) is 0 Å². The molecule has 8 nitrogen and oxygen atoms in total. The van der Waals surface area contributed by atoms with Crippen LogP contribution in [-0.2, 0) is 14.2 Å². The highest BCUT2D eigenvalue weighted by Crippen LogP contribution is 2.32. The Morgan fingerprint density at radius 2 is 1.44 bits per heavy atom. The zero-order valence-electron chi connectivity index (χ0n) is 19.0. The van der Waals surface area contributed by atoms with Gasteiger partial charge in [0, 0.05) is 32.9 Å². The molecule has 32 heavy (non-hydrogen) atoms. The fourth-order valence-electron chi connectivity index (χ4n) is 3.46. The van der Waals surface area contributed by atoms with Gasteiger partial charge >= 0.3 is 0 Å². The Hall–Kier alpha value is -2.81. The highest BCUT2D eigenvalue weighted by Gasteiger charge is 2.18. The highest BCUT2D eigenvalue weighted by molar-refractivity contribution is 5.78. The molecule has 0 amide bonds. The molecule has 0 saturated heterocycles. The molecule has 0 saturated carbocycles. The van der Waals surface area contributed by atoms with Crippen molar-refractivity contribution in [1.82, 2.24) is 0 Å². The summed E-state index contributed by atoms with van der Waals surface area (Å²) in [6.45, 7) is 5.75. The molecule has 1 aliphatic rings. The first-order valence-corrected chi connectivity index (χ1v) is 10.7. The van der Waals surface area contributed by atoms with Gasteiger partial charge in [0.2, 0.25) is 0 Å². The average molecular weight is 445 g/mol. The molecule has 1 heterocycles. The summed E-state index contributed by atoms with van der Waals surface area (Å²) in [7, 11) is 3.35. The maximum absolute atomic E-state index is 11.3. The molecule has 0 bridgehead atoms. The highest BCUT2D eigenvalue weighted by atomic mass is 16.5. The third-order valence-corrected chi connectivity index (χ3v) is 5.14. The van der Waals surface area contributed by atoms with Gasteiger partial charge in [-0.1, -0.05) is 6.07 Å². The lowest BCUT2D eigenvalue weighted by Crippen LogP contribution is -2.35. The van der Waals surface area contributed by atoms with E-state index in [-0.39, 0.29) is 0 Å². The van der Waals surface area contributed by atoms with Crippen molar-refractivity contribution in [2.75, 3.05) is 77.0 Å². The summed E-state index contributed by atoms with van der Waals surface area (Å²) >= 11 is 0. The first kappa shape index (κ1) is 23.8. The number of anilines is 2. The fraction of sp³-hybridized carbons (Fsp3) is 0.458. The van der Waals surface area contributed by atoms with E-state index in [1.165, 1.54) is 0 Å². The van der Waals surface area contributed by atoms with Gasteiger partial charge in [0.15, 0.2) is 0 Å². The van der Waals surface area contributed by atoms with Crippen LogP contribution in [0.5, 0.6) is 11.5 Å². The number of carbonyl (C=O) groups excluding carboxylic acids is 1. The molecule has 0 aliphatic carbocycles. The van der Waals surface area contributed by atoms with E-state index in [1.54, 1.807) is 26.4 Å². The molecular weight excluding hydrogens is 412 g/mol. The molecular formula is C24H32N2O6. The monoisotopic (exact) mass is 444 g/mol. The first-order chi connectivity index (χ1) is 15.7. The van der Waals surface area contributed by atoms with E-state index < -0.39 is 0 Å². The van der Waals surface area contributed by atoms with Gasteiger partial charge in [-0.05, 0) is 42.8 Å². The van der Waals surface area contributed by atoms with Crippen molar-refractivity contribution in [3.63, 3.8) is 0 Å². The van der Waals surface area contributed by atoms with Crippen LogP contribution in [-0.4, -0.2) is 73.5 Å². The van der Waals surface area contributed by atoms with Crippen molar-refractivity contribution in [2.24, 2.45) is 0 Å². The van der Waals surface area contributed by atoms with Gasteiger partial charge in [-0.2, -0.15) is 0 Å². The van der Waals surface area contributed by atoms with Crippen molar-refractivity contribution in [1.29, 1.82) is 0 Å². The number of rotatable bonds is 7. The summed E-state index contributed by atoms with van der Waals surface area (Å²) in [5, 5.41) is 0. The molecule has 0 N–H and O–H groups in total. The van der Waals surface area contributed by atoms with Gasteiger partial charge in [0.25, 0.3) is 0 Å². The maximum Gasteiger partial charge on any atom is 0.150 e. The zero-order valence-corrected chi connectivity index (χ0v) is 19.0. The number of carbonyl (C=O) groups is 1. The Kier molecular flexibility index (Phi) is 9.15. The lowest BCUT2D eigenvalue weighted by atomic mass is 10.2. The second kappa shape index (κ2) is 12.3. The molecule has 8 heteroatoms. The summed E-state index contributed by atoms with van der Waals surface area (Å²) in [4.78, 5) is 15.4. The van der Waals surface area contributed by atoms with Crippen molar-refractivity contribution in [3.05, 3.63) is 47.5 Å². The van der Waals surface area contributed by atoms with E-state index in [0.717, 1.165) is 29.0 Å². The Balaban J connectivity index is 1.91. The van der Waals surface area contributed by atoms with E-state index >= 15 is 0 Å². The minimum Gasteiger partial charge on any atom is -0.488 e. The summed E-state index contributed by atoms with van der Waals surface area (Å²) < 4.78 is 28.8. The van der Waals surface area contributed by atoms with Crippen molar-refractivity contribution in [2.45, 2.75) is 6.92 Å². The molecule has 174 valence electrons. The lowest BCUT2D eigenvalue weighted by Gasteiger charge is -2.29. The molecule has 3 rings (SSSR count). The summed E-state index contributed by atoms with van der Waals surface area (Å²) in [5.41, 5.74) is 3.43. The number of nitrogens with zero attached hydrogens (tertiary/aromatic N) is 2. The number of aryl methyl sites for hydroxylation is 1. The quantitative estimate of drug-likeness (QED) is 0.604. The lowest BCUT2D eigenvalue weighted by molar-refractivity contribution is 0.112. The van der Waals surface area contributed by atoms with E-state index in [1.807, 2.05) is 30.0 Å². The van der Waals surface area contributed by atoms with Crippen molar-refractivity contribution >= 4 is 17.7 Å². The Morgan fingerprint density at radius 3 is 2.00 bits per heavy atom. The molecule has 0 unspecified atom stereocenters. The molecule has 1 aliphatic heterocycles. The summed E-state index contributed by atoms with van der Waals surface area (Å²) in [6, 6.07) is 11.5. The van der Waals surface area contributed by atoms with Crippen LogP contribution in [0.2, 0.25) is 0 Å². The second-order valence-electron chi connectivity index (χ2n) is 7.49. The topological polar surface area (TPSA) is 69.7 Å². The van der Waals surface area contributed by atoms with Gasteiger partial charge in [0.05, 0.1) is 24.6 Å². The van der Waals surface area contributed by atoms with Gasteiger partial charge in [-0.3, -0.25) is 4.79 Å². The Labute approximate surface area is 189 Å². The molecule has 0 fully saturated rings. The molecule has 2 aromatic rings. The predicted octanol–water partition coefficient (Wildman–Crippen LogP) is 3.12. The van der Waals surface area contributed by atoms with Crippen LogP contribution in [0.1, 0.15) is 15.9 Å². The number of hydrogen-bond donors (Lipinski definition) is 0. The Morgan fingerprint density at radius 1 is 0.875 bits per heavy atom. The van der Waals surface area contributed by atoms with Crippen molar-refractivity contribution in [3.8, 4) is 11.5 Å². The van der Waals surface area contributed by atoms with E-state index in [0.29, 0.717) is 64.3 Å². The summed E-state index contributed by atoms with van der Waals surface area (Å²) in [6.07, 6.45) is 0.810. The van der Waals surface area contributed by atoms with E-state index in [4.69, 9.17) is 23.7 Å². The predicted molar refractivity (Wildman–Crippen MR) is 123 cm³/mol. The minimum absolute atomic E-state index is 0.325. The number of aldehydes is 1. The number of benzene rings is 2. The molecule has 0 radical (unpaired) electrons. The van der Waals surface area contributed by atoms with Gasteiger partial charge in [-0.15, -0.1) is 0 Å². The third kappa shape index (κ3) is 6.35. The number of fused-ring (bicyclic) bond motifs is 2.